The summed E-state index contributed by atoms with van der Waals surface area (Å²) >= 11 is 0. The number of hydrogen-bond acceptors (Lipinski definition) is 4. The lowest BCUT2D eigenvalue weighted by Crippen LogP contribution is -2.46. The monoisotopic (exact) mass is 196 g/mol. The highest BCUT2D eigenvalue weighted by Gasteiger charge is 2.32. The average Bonchev–Trinajstić information content (AvgIpc) is 2.49. The Morgan fingerprint density at radius 1 is 1.50 bits per heavy atom. The van der Waals surface area contributed by atoms with Gasteiger partial charge in [0.05, 0.1) is 11.7 Å². The summed E-state index contributed by atoms with van der Waals surface area (Å²) in [6.45, 7) is 3.75. The average molecular weight is 196 g/mol. The molecule has 1 aromatic heterocycles. The molecule has 0 atom stereocenters. The number of Topliss-reactive ketones (excluding diaryl/α,β-unsaturated/α-hetero) is 1. The third-order valence-corrected chi connectivity index (χ3v) is 2.62. The Bertz CT molecular complexity index is 340. The first-order valence-corrected chi connectivity index (χ1v) is 4.44. The van der Waals surface area contributed by atoms with E-state index in [1.54, 1.807) is 7.05 Å². The fourth-order valence-corrected chi connectivity index (χ4v) is 1.01. The second-order valence-corrected chi connectivity index (χ2v) is 4.03. The van der Waals surface area contributed by atoms with E-state index in [2.05, 4.69) is 10.3 Å². The Balaban J connectivity index is 3.02. The van der Waals surface area contributed by atoms with Gasteiger partial charge in [-0.05, 0) is 27.9 Å². The zero-order chi connectivity index (χ0) is 10.9. The molecule has 0 saturated heterocycles. The fraction of sp³-hybridized carbons (Fsp3) is 0.667. The summed E-state index contributed by atoms with van der Waals surface area (Å²) in [5, 5.41) is 7.43. The highest BCUT2D eigenvalue weighted by molar-refractivity contribution is 6.01. The minimum absolute atomic E-state index is 0.0231. The maximum Gasteiger partial charge on any atom is 0.202 e. The van der Waals surface area contributed by atoms with Crippen LogP contribution in [0.2, 0.25) is 0 Å². The van der Waals surface area contributed by atoms with E-state index in [-0.39, 0.29) is 5.78 Å². The molecule has 0 fully saturated rings. The van der Waals surface area contributed by atoms with Crippen LogP contribution in [-0.2, 0) is 7.05 Å². The van der Waals surface area contributed by atoms with Gasteiger partial charge in [-0.3, -0.25) is 9.69 Å². The highest BCUT2D eigenvalue weighted by Crippen LogP contribution is 2.16. The van der Waals surface area contributed by atoms with E-state index in [9.17, 15) is 4.79 Å². The lowest BCUT2D eigenvalue weighted by Gasteiger charge is -2.30. The van der Waals surface area contributed by atoms with Crippen molar-refractivity contribution in [2.24, 2.45) is 7.05 Å². The maximum atomic E-state index is 12.0. The highest BCUT2D eigenvalue weighted by atomic mass is 16.1. The maximum absolute atomic E-state index is 12.0. The predicted molar refractivity (Wildman–Crippen MR) is 53.1 cm³/mol. The number of hydrogen-bond donors (Lipinski definition) is 0. The zero-order valence-electron chi connectivity index (χ0n) is 9.27. The van der Waals surface area contributed by atoms with E-state index >= 15 is 0 Å². The Morgan fingerprint density at radius 2 is 2.07 bits per heavy atom. The van der Waals surface area contributed by atoms with Gasteiger partial charge in [0, 0.05) is 7.05 Å². The molecule has 0 amide bonds. The van der Waals surface area contributed by atoms with Crippen LogP contribution in [0.1, 0.15) is 24.3 Å². The number of aromatic nitrogens is 3. The van der Waals surface area contributed by atoms with Gasteiger partial charge in [0.2, 0.25) is 5.78 Å². The van der Waals surface area contributed by atoms with Crippen LogP contribution in [0.15, 0.2) is 6.20 Å². The largest absolute Gasteiger partial charge is 0.297 e. The van der Waals surface area contributed by atoms with Crippen molar-refractivity contribution in [2.75, 3.05) is 14.1 Å². The minimum atomic E-state index is -0.532. The van der Waals surface area contributed by atoms with Crippen molar-refractivity contribution in [3.05, 3.63) is 11.9 Å². The number of rotatable bonds is 3. The van der Waals surface area contributed by atoms with E-state index in [0.717, 1.165) is 0 Å². The van der Waals surface area contributed by atoms with Gasteiger partial charge >= 0.3 is 0 Å². The van der Waals surface area contributed by atoms with Crippen LogP contribution < -0.4 is 0 Å². The Kier molecular flexibility index (Phi) is 2.71. The summed E-state index contributed by atoms with van der Waals surface area (Å²) in [4.78, 5) is 13.9. The van der Waals surface area contributed by atoms with Crippen molar-refractivity contribution in [1.29, 1.82) is 0 Å². The van der Waals surface area contributed by atoms with Crippen LogP contribution in [0.3, 0.4) is 0 Å². The molecule has 0 aliphatic carbocycles. The molecule has 1 heterocycles. The van der Waals surface area contributed by atoms with Gasteiger partial charge in [0.1, 0.15) is 5.69 Å². The SMILES string of the molecule is CN(C)C(C)(C)C(=O)c1cnnn1C. The smallest absolute Gasteiger partial charge is 0.202 e. The second kappa shape index (κ2) is 3.49. The van der Waals surface area contributed by atoms with Gasteiger partial charge in [-0.1, -0.05) is 5.21 Å². The fourth-order valence-electron chi connectivity index (χ4n) is 1.01. The van der Waals surface area contributed by atoms with Crippen LogP contribution in [0.5, 0.6) is 0 Å². The number of nitrogens with zero attached hydrogens (tertiary/aromatic N) is 4. The van der Waals surface area contributed by atoms with E-state index in [0.29, 0.717) is 5.69 Å². The molecule has 0 saturated carbocycles. The molecule has 5 heteroatoms. The molecule has 0 unspecified atom stereocenters. The standard InChI is InChI=1S/C9H16N4O/c1-9(2,12(3)4)8(14)7-6-10-11-13(7)5/h6H,1-5H3. The van der Waals surface area contributed by atoms with Crippen LogP contribution in [-0.4, -0.2) is 45.3 Å². The van der Waals surface area contributed by atoms with Gasteiger partial charge in [-0.25, -0.2) is 4.68 Å². The molecule has 0 aromatic carbocycles. The summed E-state index contributed by atoms with van der Waals surface area (Å²) in [6.07, 6.45) is 1.49. The quantitative estimate of drug-likeness (QED) is 0.654. The van der Waals surface area contributed by atoms with Gasteiger partial charge in [-0.2, -0.15) is 0 Å². The van der Waals surface area contributed by atoms with Crippen LogP contribution in [0, 0.1) is 0 Å². The number of carbonyl (C=O) groups excluding carboxylic acids is 1. The Morgan fingerprint density at radius 3 is 2.43 bits per heavy atom. The summed E-state index contributed by atoms with van der Waals surface area (Å²) < 4.78 is 1.49. The topological polar surface area (TPSA) is 51.0 Å². The zero-order valence-corrected chi connectivity index (χ0v) is 9.27. The molecule has 14 heavy (non-hydrogen) atoms. The van der Waals surface area contributed by atoms with Crippen molar-refractivity contribution in [1.82, 2.24) is 19.9 Å². The third kappa shape index (κ3) is 1.68. The normalized spacial score (nSPS) is 12.1. The molecule has 1 rings (SSSR count). The van der Waals surface area contributed by atoms with E-state index in [1.165, 1.54) is 10.9 Å². The number of ketones is 1. The predicted octanol–water partition coefficient (Wildman–Crippen LogP) is 0.338. The van der Waals surface area contributed by atoms with E-state index in [1.807, 2.05) is 32.8 Å². The van der Waals surface area contributed by atoms with E-state index < -0.39 is 5.54 Å². The summed E-state index contributed by atoms with van der Waals surface area (Å²) in [6, 6.07) is 0. The first kappa shape index (κ1) is 10.8. The molecule has 5 nitrogen and oxygen atoms in total. The molecular formula is C9H16N4O. The van der Waals surface area contributed by atoms with Gasteiger partial charge in [0.25, 0.3) is 0 Å². The Hall–Kier alpha value is -1.23. The lowest BCUT2D eigenvalue weighted by atomic mass is 9.95. The lowest BCUT2D eigenvalue weighted by molar-refractivity contribution is 0.0745. The van der Waals surface area contributed by atoms with Crippen molar-refractivity contribution in [3.8, 4) is 0 Å². The molecule has 0 bridgehead atoms. The number of carbonyl (C=O) groups is 1. The number of aryl methyl sites for hydroxylation is 1. The third-order valence-electron chi connectivity index (χ3n) is 2.62. The van der Waals surface area contributed by atoms with Gasteiger partial charge in [0.15, 0.2) is 0 Å². The van der Waals surface area contributed by atoms with Crippen LogP contribution in [0.25, 0.3) is 0 Å². The van der Waals surface area contributed by atoms with Crippen LogP contribution >= 0.6 is 0 Å². The van der Waals surface area contributed by atoms with Crippen LogP contribution in [0.4, 0.5) is 0 Å². The summed E-state index contributed by atoms with van der Waals surface area (Å²) in [5.41, 5.74) is -0.00106. The Labute approximate surface area is 83.7 Å². The first-order chi connectivity index (χ1) is 6.37. The molecule has 0 aliphatic rings. The first-order valence-electron chi connectivity index (χ1n) is 4.44. The molecule has 78 valence electrons. The van der Waals surface area contributed by atoms with Crippen molar-refractivity contribution in [3.63, 3.8) is 0 Å². The molecule has 0 radical (unpaired) electrons. The second-order valence-electron chi connectivity index (χ2n) is 4.03. The number of likely N-dealkylation sites (N-methyl/N-ethyl adjacent to an activating group) is 1. The molecule has 1 aromatic rings. The van der Waals surface area contributed by atoms with Crippen molar-refractivity contribution >= 4 is 5.78 Å². The van der Waals surface area contributed by atoms with Gasteiger partial charge < -0.3 is 0 Å². The minimum Gasteiger partial charge on any atom is -0.297 e. The molecule has 0 aliphatic heterocycles. The summed E-state index contributed by atoms with van der Waals surface area (Å²) in [5.74, 6) is 0.0231. The molecular weight excluding hydrogens is 180 g/mol. The molecule has 0 N–H and O–H groups in total. The van der Waals surface area contributed by atoms with Crippen molar-refractivity contribution in [2.45, 2.75) is 19.4 Å². The molecule has 0 spiro atoms. The summed E-state index contributed by atoms with van der Waals surface area (Å²) in [7, 11) is 5.47. The van der Waals surface area contributed by atoms with Crippen molar-refractivity contribution < 1.29 is 4.79 Å². The van der Waals surface area contributed by atoms with E-state index in [4.69, 9.17) is 0 Å². The van der Waals surface area contributed by atoms with Gasteiger partial charge in [-0.15, -0.1) is 5.10 Å².